The quantitative estimate of drug-likeness (QED) is 0.821. The van der Waals surface area contributed by atoms with Gasteiger partial charge in [-0.3, -0.25) is 4.79 Å². The Hall–Kier alpha value is -1.62. The first-order chi connectivity index (χ1) is 9.50. The van der Waals surface area contributed by atoms with Crippen LogP contribution in [0, 0.1) is 13.8 Å². The molecule has 1 aliphatic heterocycles. The molecule has 0 bridgehead atoms. The Morgan fingerprint density at radius 2 is 2.15 bits per heavy atom. The molecule has 0 spiro atoms. The lowest BCUT2D eigenvalue weighted by molar-refractivity contribution is -0.122. The number of aryl methyl sites for hydroxylation is 1. The van der Waals surface area contributed by atoms with Gasteiger partial charge in [-0.1, -0.05) is 12.1 Å². The summed E-state index contributed by atoms with van der Waals surface area (Å²) in [6.07, 6.45) is 2.85. The summed E-state index contributed by atoms with van der Waals surface area (Å²) < 4.78 is 0. The number of thiocarbonyl (C=S) groups is 1. The highest BCUT2D eigenvalue weighted by atomic mass is 32.1. The van der Waals surface area contributed by atoms with Gasteiger partial charge in [-0.15, -0.1) is 0 Å². The Morgan fingerprint density at radius 1 is 1.40 bits per heavy atom. The van der Waals surface area contributed by atoms with Crippen LogP contribution >= 0.6 is 12.2 Å². The molecule has 0 aromatic heterocycles. The van der Waals surface area contributed by atoms with Crippen LogP contribution in [0.4, 0.5) is 5.69 Å². The van der Waals surface area contributed by atoms with E-state index in [0.29, 0.717) is 5.11 Å². The average molecular weight is 291 g/mol. The van der Waals surface area contributed by atoms with E-state index in [9.17, 15) is 4.79 Å². The van der Waals surface area contributed by atoms with Gasteiger partial charge in [0.2, 0.25) is 5.91 Å². The second-order valence-electron chi connectivity index (χ2n) is 5.28. The van der Waals surface area contributed by atoms with Crippen molar-refractivity contribution in [2.45, 2.75) is 39.2 Å². The molecule has 0 radical (unpaired) electrons. The number of nitrogens with two attached hydrogens (primary N) is 1. The first kappa shape index (κ1) is 14.8. The number of rotatable bonds is 2. The summed E-state index contributed by atoms with van der Waals surface area (Å²) in [7, 11) is 0. The number of primary amides is 1. The summed E-state index contributed by atoms with van der Waals surface area (Å²) >= 11 is 5.46. The zero-order valence-corrected chi connectivity index (χ0v) is 12.8. The van der Waals surface area contributed by atoms with Gasteiger partial charge in [0.1, 0.15) is 6.04 Å². The predicted molar refractivity (Wildman–Crippen MR) is 85.7 cm³/mol. The lowest BCUT2D eigenvalue weighted by Crippen LogP contribution is -2.51. The van der Waals surface area contributed by atoms with E-state index < -0.39 is 0 Å². The summed E-state index contributed by atoms with van der Waals surface area (Å²) in [5, 5.41) is 3.84. The number of likely N-dealkylation sites (tertiary alicyclic amines) is 1. The van der Waals surface area contributed by atoms with E-state index in [1.807, 2.05) is 17.0 Å². The van der Waals surface area contributed by atoms with Crippen molar-refractivity contribution in [3.05, 3.63) is 29.3 Å². The Labute approximate surface area is 125 Å². The molecule has 0 unspecified atom stereocenters. The molecule has 1 heterocycles. The third-order valence-electron chi connectivity index (χ3n) is 3.94. The minimum atomic E-state index is -0.296. The summed E-state index contributed by atoms with van der Waals surface area (Å²) in [4.78, 5) is 13.5. The normalized spacial score (nSPS) is 18.7. The third-order valence-corrected chi connectivity index (χ3v) is 4.27. The Bertz CT molecular complexity index is 530. The molecule has 1 fully saturated rings. The molecule has 1 aromatic rings. The Morgan fingerprint density at radius 3 is 2.85 bits per heavy atom. The van der Waals surface area contributed by atoms with E-state index in [2.05, 4.69) is 25.2 Å². The number of anilines is 1. The van der Waals surface area contributed by atoms with Gasteiger partial charge in [0, 0.05) is 12.2 Å². The highest BCUT2D eigenvalue weighted by Gasteiger charge is 2.28. The van der Waals surface area contributed by atoms with Gasteiger partial charge < -0.3 is 16.0 Å². The largest absolute Gasteiger partial charge is 0.368 e. The molecule has 0 aliphatic carbocycles. The van der Waals surface area contributed by atoms with Gasteiger partial charge in [-0.05, 0) is 62.5 Å². The van der Waals surface area contributed by atoms with Crippen LogP contribution in [0.25, 0.3) is 0 Å². The number of hydrogen-bond acceptors (Lipinski definition) is 2. The number of hydrogen-bond donors (Lipinski definition) is 2. The maximum atomic E-state index is 11.5. The minimum Gasteiger partial charge on any atom is -0.368 e. The van der Waals surface area contributed by atoms with E-state index in [4.69, 9.17) is 18.0 Å². The maximum Gasteiger partial charge on any atom is 0.240 e. The zero-order chi connectivity index (χ0) is 14.7. The summed E-state index contributed by atoms with van der Waals surface area (Å²) in [6.45, 7) is 4.91. The van der Waals surface area contributed by atoms with Crippen molar-refractivity contribution >= 4 is 28.9 Å². The fourth-order valence-corrected chi connectivity index (χ4v) is 2.87. The van der Waals surface area contributed by atoms with Crippen LogP contribution in [-0.4, -0.2) is 28.5 Å². The van der Waals surface area contributed by atoms with E-state index in [0.717, 1.165) is 31.5 Å². The van der Waals surface area contributed by atoms with Crippen LogP contribution in [0.3, 0.4) is 0 Å². The monoisotopic (exact) mass is 291 g/mol. The van der Waals surface area contributed by atoms with Crippen molar-refractivity contribution in [1.82, 2.24) is 4.90 Å². The van der Waals surface area contributed by atoms with Gasteiger partial charge in [0.05, 0.1) is 0 Å². The van der Waals surface area contributed by atoms with Crippen molar-refractivity contribution in [2.75, 3.05) is 11.9 Å². The first-order valence-corrected chi connectivity index (χ1v) is 7.34. The van der Waals surface area contributed by atoms with Gasteiger partial charge in [0.15, 0.2) is 5.11 Å². The molecular formula is C15H21N3OS. The first-order valence-electron chi connectivity index (χ1n) is 6.94. The molecule has 20 heavy (non-hydrogen) atoms. The molecule has 1 aromatic carbocycles. The number of carbonyl (C=O) groups excluding carboxylic acids is 1. The number of benzene rings is 1. The average Bonchev–Trinajstić information content (AvgIpc) is 2.43. The topological polar surface area (TPSA) is 58.4 Å². The van der Waals surface area contributed by atoms with Crippen LogP contribution in [0.2, 0.25) is 0 Å². The molecule has 0 saturated carbocycles. The molecule has 3 N–H and O–H groups in total. The number of nitrogens with zero attached hydrogens (tertiary/aromatic N) is 1. The highest BCUT2D eigenvalue weighted by Crippen LogP contribution is 2.21. The summed E-state index contributed by atoms with van der Waals surface area (Å²) in [5.41, 5.74) is 8.84. The van der Waals surface area contributed by atoms with Crippen LogP contribution in [0.1, 0.15) is 30.4 Å². The van der Waals surface area contributed by atoms with Crippen molar-refractivity contribution in [3.8, 4) is 0 Å². The number of amides is 1. The van der Waals surface area contributed by atoms with Crippen LogP contribution in [-0.2, 0) is 4.79 Å². The molecule has 1 aliphatic rings. The van der Waals surface area contributed by atoms with Crippen molar-refractivity contribution in [2.24, 2.45) is 5.73 Å². The van der Waals surface area contributed by atoms with Gasteiger partial charge >= 0.3 is 0 Å². The number of carbonyl (C=O) groups is 1. The molecular weight excluding hydrogens is 270 g/mol. The van der Waals surface area contributed by atoms with E-state index in [-0.39, 0.29) is 11.9 Å². The lowest BCUT2D eigenvalue weighted by atomic mass is 10.0. The van der Waals surface area contributed by atoms with E-state index in [1.165, 1.54) is 11.1 Å². The van der Waals surface area contributed by atoms with E-state index in [1.54, 1.807) is 0 Å². The predicted octanol–water partition coefficient (Wildman–Crippen LogP) is 2.34. The fraction of sp³-hybridized carbons (Fsp3) is 0.467. The van der Waals surface area contributed by atoms with Crippen LogP contribution in [0.15, 0.2) is 18.2 Å². The molecule has 1 saturated heterocycles. The molecule has 1 atom stereocenters. The highest BCUT2D eigenvalue weighted by molar-refractivity contribution is 7.80. The van der Waals surface area contributed by atoms with Crippen molar-refractivity contribution < 1.29 is 4.79 Å². The maximum absolute atomic E-state index is 11.5. The Kier molecular flexibility index (Phi) is 4.60. The standard InChI is InChI=1S/C15H21N3OS/c1-10-6-5-7-12(11(10)2)17-15(20)18-9-4-3-8-13(18)14(16)19/h5-7,13H,3-4,8-9H2,1-2H3,(H2,16,19)(H,17,20)/t13-/m1/s1. The molecule has 1 amide bonds. The van der Waals surface area contributed by atoms with Gasteiger partial charge in [0.25, 0.3) is 0 Å². The summed E-state index contributed by atoms with van der Waals surface area (Å²) in [5.74, 6) is -0.296. The molecule has 4 nitrogen and oxygen atoms in total. The van der Waals surface area contributed by atoms with Crippen molar-refractivity contribution in [3.63, 3.8) is 0 Å². The Balaban J connectivity index is 2.14. The molecule has 5 heteroatoms. The number of piperidine rings is 1. The second kappa shape index (κ2) is 6.22. The zero-order valence-electron chi connectivity index (χ0n) is 12.0. The molecule has 108 valence electrons. The number of nitrogens with one attached hydrogen (secondary N) is 1. The lowest BCUT2D eigenvalue weighted by Gasteiger charge is -2.35. The fourth-order valence-electron chi connectivity index (χ4n) is 2.54. The SMILES string of the molecule is Cc1cccc(NC(=S)N2CCCC[C@@H]2C(N)=O)c1C. The van der Waals surface area contributed by atoms with E-state index >= 15 is 0 Å². The minimum absolute atomic E-state index is 0.283. The van der Waals surface area contributed by atoms with Crippen molar-refractivity contribution in [1.29, 1.82) is 0 Å². The van der Waals surface area contributed by atoms with Crippen LogP contribution in [0.5, 0.6) is 0 Å². The van der Waals surface area contributed by atoms with Gasteiger partial charge in [-0.2, -0.15) is 0 Å². The molecule has 2 rings (SSSR count). The summed E-state index contributed by atoms with van der Waals surface area (Å²) in [6, 6.07) is 5.78. The smallest absolute Gasteiger partial charge is 0.240 e. The third kappa shape index (κ3) is 3.10. The second-order valence-corrected chi connectivity index (χ2v) is 5.67. The van der Waals surface area contributed by atoms with Gasteiger partial charge in [-0.25, -0.2) is 0 Å². The van der Waals surface area contributed by atoms with Crippen LogP contribution < -0.4 is 11.1 Å².